The van der Waals surface area contributed by atoms with Crippen molar-refractivity contribution in [3.8, 4) is 11.3 Å². The van der Waals surface area contributed by atoms with Gasteiger partial charge in [-0.3, -0.25) is 14.4 Å². The van der Waals surface area contributed by atoms with E-state index in [1.165, 1.54) is 0 Å². The molecule has 2 N–H and O–H groups in total. The first-order valence-electron chi connectivity index (χ1n) is 10.7. The lowest BCUT2D eigenvalue weighted by Crippen LogP contribution is -2.18. The number of benzene rings is 3. The van der Waals surface area contributed by atoms with Gasteiger partial charge in [-0.2, -0.15) is 0 Å². The molecule has 6 nitrogen and oxygen atoms in total. The molecule has 0 aliphatic rings. The number of para-hydroxylation sites is 1. The average molecular weight is 440 g/mol. The molecule has 4 rings (SSSR count). The predicted octanol–water partition coefficient (Wildman–Crippen LogP) is 5.62. The Morgan fingerprint density at radius 3 is 2.09 bits per heavy atom. The third-order valence-electron chi connectivity index (χ3n) is 5.36. The lowest BCUT2D eigenvalue weighted by Gasteiger charge is -2.12. The van der Waals surface area contributed by atoms with Crippen LogP contribution in [0.1, 0.15) is 29.8 Å². The molecule has 0 bridgehead atoms. The lowest BCUT2D eigenvalue weighted by molar-refractivity contribution is -0.118. The predicted molar refractivity (Wildman–Crippen MR) is 131 cm³/mol. The van der Waals surface area contributed by atoms with Crippen LogP contribution in [-0.2, 0) is 4.79 Å². The minimum atomic E-state index is -0.398. The summed E-state index contributed by atoms with van der Waals surface area (Å²) in [5.41, 5.74) is 2.79. The normalized spacial score (nSPS) is 10.9. The zero-order valence-electron chi connectivity index (χ0n) is 18.6. The number of carbonyl (C=O) groups excluding carboxylic acids is 2. The maximum atomic E-state index is 13.1. The summed E-state index contributed by atoms with van der Waals surface area (Å²) in [7, 11) is 0. The van der Waals surface area contributed by atoms with Crippen LogP contribution in [0.4, 0.5) is 11.4 Å². The van der Waals surface area contributed by atoms with Crippen LogP contribution in [0.2, 0.25) is 0 Å². The highest BCUT2D eigenvalue weighted by atomic mass is 16.3. The van der Waals surface area contributed by atoms with Gasteiger partial charge in [-0.1, -0.05) is 50.2 Å². The van der Waals surface area contributed by atoms with Crippen LogP contribution in [-0.4, -0.2) is 11.8 Å². The summed E-state index contributed by atoms with van der Waals surface area (Å²) in [4.78, 5) is 37.9. The fourth-order valence-electron chi connectivity index (χ4n) is 3.48. The van der Waals surface area contributed by atoms with Gasteiger partial charge >= 0.3 is 0 Å². The van der Waals surface area contributed by atoms with E-state index >= 15 is 0 Å². The van der Waals surface area contributed by atoms with E-state index in [4.69, 9.17) is 4.42 Å². The molecule has 0 saturated heterocycles. The molecule has 166 valence electrons. The summed E-state index contributed by atoms with van der Waals surface area (Å²) in [6.45, 7) is 5.36. The van der Waals surface area contributed by atoms with Gasteiger partial charge in [0.2, 0.25) is 5.91 Å². The summed E-state index contributed by atoms with van der Waals surface area (Å²) >= 11 is 0. The smallest absolute Gasteiger partial charge is 0.259 e. The van der Waals surface area contributed by atoms with Crippen molar-refractivity contribution in [2.75, 3.05) is 10.6 Å². The third kappa shape index (κ3) is 4.55. The first kappa shape index (κ1) is 22.0. The van der Waals surface area contributed by atoms with Gasteiger partial charge in [-0.25, -0.2) is 0 Å². The first-order chi connectivity index (χ1) is 15.8. The van der Waals surface area contributed by atoms with Crippen LogP contribution < -0.4 is 16.1 Å². The number of rotatable bonds is 5. The van der Waals surface area contributed by atoms with Crippen molar-refractivity contribution in [2.45, 2.75) is 20.8 Å². The fourth-order valence-corrected chi connectivity index (χ4v) is 3.48. The molecular weight excluding hydrogens is 416 g/mol. The van der Waals surface area contributed by atoms with Crippen LogP contribution in [0.15, 0.2) is 82.0 Å². The summed E-state index contributed by atoms with van der Waals surface area (Å²) in [6, 6.07) is 21.1. The van der Waals surface area contributed by atoms with Crippen LogP contribution >= 0.6 is 0 Å². The summed E-state index contributed by atoms with van der Waals surface area (Å²) in [5.74, 6) is -0.166. The van der Waals surface area contributed by atoms with Crippen LogP contribution in [0.5, 0.6) is 0 Å². The van der Waals surface area contributed by atoms with Crippen molar-refractivity contribution in [1.29, 1.82) is 0 Å². The number of hydrogen-bond acceptors (Lipinski definition) is 4. The number of hydrogen-bond donors (Lipinski definition) is 2. The molecule has 3 aromatic carbocycles. The molecule has 0 atom stereocenters. The summed E-state index contributed by atoms with van der Waals surface area (Å²) < 4.78 is 6.13. The molecule has 6 heteroatoms. The molecular formula is C27H24N2O4. The van der Waals surface area contributed by atoms with Gasteiger partial charge in [0.15, 0.2) is 11.0 Å². The Hall–Kier alpha value is -4.19. The molecule has 0 radical (unpaired) electrons. The molecule has 0 fully saturated rings. The summed E-state index contributed by atoms with van der Waals surface area (Å²) in [5, 5.41) is 6.00. The Balaban J connectivity index is 1.67. The number of amides is 2. The summed E-state index contributed by atoms with van der Waals surface area (Å²) in [6.07, 6.45) is 0. The largest absolute Gasteiger partial charge is 0.455 e. The van der Waals surface area contributed by atoms with Crippen LogP contribution in [0, 0.1) is 12.8 Å². The maximum absolute atomic E-state index is 13.1. The molecule has 0 aliphatic heterocycles. The van der Waals surface area contributed by atoms with E-state index in [-0.39, 0.29) is 28.4 Å². The number of nitrogens with one attached hydrogen (secondary N) is 2. The SMILES string of the molecule is Cc1c(-c2ccccc2)oc2c(C(=O)Nc3ccc(NC(=O)C(C)C)cc3)cccc2c1=O. The first-order valence-corrected chi connectivity index (χ1v) is 10.7. The van der Waals surface area contributed by atoms with Gasteiger partial charge in [0.05, 0.1) is 10.9 Å². The molecule has 2 amide bonds. The van der Waals surface area contributed by atoms with E-state index in [0.29, 0.717) is 28.1 Å². The molecule has 0 unspecified atom stereocenters. The zero-order chi connectivity index (χ0) is 23.5. The highest BCUT2D eigenvalue weighted by Gasteiger charge is 2.18. The van der Waals surface area contributed by atoms with Crippen molar-refractivity contribution in [2.24, 2.45) is 5.92 Å². The number of carbonyl (C=O) groups is 2. The van der Waals surface area contributed by atoms with Gasteiger partial charge in [-0.05, 0) is 43.3 Å². The second-order valence-electron chi connectivity index (χ2n) is 8.11. The molecule has 1 heterocycles. The van der Waals surface area contributed by atoms with E-state index in [9.17, 15) is 14.4 Å². The maximum Gasteiger partial charge on any atom is 0.259 e. The Morgan fingerprint density at radius 1 is 0.818 bits per heavy atom. The molecule has 0 saturated carbocycles. The highest BCUT2D eigenvalue weighted by Crippen LogP contribution is 2.27. The quantitative estimate of drug-likeness (QED) is 0.422. The van der Waals surface area contributed by atoms with Gasteiger partial charge in [0, 0.05) is 28.4 Å². The molecule has 4 aromatic rings. The minimum Gasteiger partial charge on any atom is -0.455 e. The third-order valence-corrected chi connectivity index (χ3v) is 5.36. The van der Waals surface area contributed by atoms with Crippen LogP contribution in [0.25, 0.3) is 22.3 Å². The topological polar surface area (TPSA) is 88.4 Å². The Kier molecular flexibility index (Phi) is 6.09. The monoisotopic (exact) mass is 440 g/mol. The van der Waals surface area contributed by atoms with Gasteiger partial charge in [0.1, 0.15) is 5.76 Å². The second kappa shape index (κ2) is 9.12. The molecule has 1 aromatic heterocycles. The molecule has 0 aliphatic carbocycles. The van der Waals surface area contributed by atoms with Gasteiger partial charge in [0.25, 0.3) is 5.91 Å². The zero-order valence-corrected chi connectivity index (χ0v) is 18.6. The number of anilines is 2. The van der Waals surface area contributed by atoms with Gasteiger partial charge < -0.3 is 15.1 Å². The van der Waals surface area contributed by atoms with E-state index in [0.717, 1.165) is 5.56 Å². The molecule has 33 heavy (non-hydrogen) atoms. The highest BCUT2D eigenvalue weighted by molar-refractivity contribution is 6.11. The number of fused-ring (bicyclic) bond motifs is 1. The van der Waals surface area contributed by atoms with Crippen molar-refractivity contribution >= 4 is 34.2 Å². The Bertz CT molecular complexity index is 1390. The van der Waals surface area contributed by atoms with Crippen molar-refractivity contribution in [3.05, 3.63) is 94.1 Å². The molecule has 0 spiro atoms. The average Bonchev–Trinajstić information content (AvgIpc) is 2.82. The van der Waals surface area contributed by atoms with Crippen molar-refractivity contribution < 1.29 is 14.0 Å². The van der Waals surface area contributed by atoms with Crippen molar-refractivity contribution in [1.82, 2.24) is 0 Å². The minimum absolute atomic E-state index is 0.0814. The van der Waals surface area contributed by atoms with E-state index in [2.05, 4.69) is 10.6 Å². The van der Waals surface area contributed by atoms with E-state index in [1.807, 2.05) is 44.2 Å². The van der Waals surface area contributed by atoms with E-state index < -0.39 is 5.91 Å². The second-order valence-corrected chi connectivity index (χ2v) is 8.11. The van der Waals surface area contributed by atoms with Crippen molar-refractivity contribution in [3.63, 3.8) is 0 Å². The van der Waals surface area contributed by atoms with Crippen LogP contribution in [0.3, 0.4) is 0 Å². The van der Waals surface area contributed by atoms with E-state index in [1.54, 1.807) is 49.4 Å². The standard InChI is InChI=1S/C27H24N2O4/c1-16(2)26(31)28-19-12-14-20(15-13-19)29-27(32)22-11-7-10-21-23(30)17(3)24(33-25(21)22)18-8-5-4-6-9-18/h4-16H,1-3H3,(H,28,31)(H,29,32). The fraction of sp³-hybridized carbons (Fsp3) is 0.148. The Labute approximate surface area is 191 Å². The Morgan fingerprint density at radius 2 is 1.45 bits per heavy atom. The lowest BCUT2D eigenvalue weighted by atomic mass is 10.0. The van der Waals surface area contributed by atoms with Gasteiger partial charge in [-0.15, -0.1) is 0 Å².